The molecule has 0 aromatic carbocycles. The summed E-state index contributed by atoms with van der Waals surface area (Å²) in [5.74, 6) is 0.639. The van der Waals surface area contributed by atoms with Crippen molar-refractivity contribution in [2.24, 2.45) is 11.3 Å². The van der Waals surface area contributed by atoms with Gasteiger partial charge in [-0.15, -0.1) is 0 Å². The number of aliphatic hydroxyl groups excluding tert-OH is 2. The summed E-state index contributed by atoms with van der Waals surface area (Å²) in [6.45, 7) is 5.20. The number of hydrogen-bond donors (Lipinski definition) is 2. The molecule has 4 heteroatoms. The number of hydrogen-bond acceptors (Lipinski definition) is 4. The van der Waals surface area contributed by atoms with Crippen LogP contribution in [0.4, 0.5) is 0 Å². The van der Waals surface area contributed by atoms with Crippen molar-refractivity contribution in [2.45, 2.75) is 25.7 Å². The van der Waals surface area contributed by atoms with Crippen LogP contribution in [0.25, 0.3) is 0 Å². The molecule has 2 aliphatic rings. The first-order valence-electron chi connectivity index (χ1n) is 6.80. The van der Waals surface area contributed by atoms with Crippen LogP contribution in [0.3, 0.4) is 0 Å². The van der Waals surface area contributed by atoms with Crippen LogP contribution >= 0.6 is 0 Å². The Morgan fingerprint density at radius 3 is 2.88 bits per heavy atom. The molecular weight excluding hydrogens is 218 g/mol. The van der Waals surface area contributed by atoms with Gasteiger partial charge in [0.2, 0.25) is 0 Å². The van der Waals surface area contributed by atoms with Gasteiger partial charge in [-0.05, 0) is 38.1 Å². The molecule has 0 spiro atoms. The molecule has 2 heterocycles. The Balaban J connectivity index is 1.83. The molecule has 0 bridgehead atoms. The Kier molecular flexibility index (Phi) is 4.79. The quantitative estimate of drug-likeness (QED) is 0.737. The van der Waals surface area contributed by atoms with Gasteiger partial charge < -0.3 is 19.8 Å². The van der Waals surface area contributed by atoms with E-state index in [1.54, 1.807) is 0 Å². The molecule has 4 nitrogen and oxygen atoms in total. The van der Waals surface area contributed by atoms with Gasteiger partial charge in [-0.2, -0.15) is 0 Å². The molecule has 2 atom stereocenters. The molecule has 2 unspecified atom stereocenters. The second-order valence-electron chi connectivity index (χ2n) is 5.72. The summed E-state index contributed by atoms with van der Waals surface area (Å²) in [4.78, 5) is 2.44. The predicted octanol–water partition coefficient (Wildman–Crippen LogP) is 0.480. The minimum Gasteiger partial charge on any atom is -0.396 e. The Labute approximate surface area is 104 Å². The molecule has 0 aromatic heterocycles. The Morgan fingerprint density at radius 2 is 2.24 bits per heavy atom. The Hall–Kier alpha value is -0.160. The highest BCUT2D eigenvalue weighted by Gasteiger charge is 2.36. The first-order valence-corrected chi connectivity index (χ1v) is 6.80. The zero-order valence-electron chi connectivity index (χ0n) is 10.6. The average Bonchev–Trinajstić information content (AvgIpc) is 2.78. The summed E-state index contributed by atoms with van der Waals surface area (Å²) in [7, 11) is 0. The summed E-state index contributed by atoms with van der Waals surface area (Å²) < 4.78 is 5.53. The summed E-state index contributed by atoms with van der Waals surface area (Å²) in [5, 5.41) is 18.6. The van der Waals surface area contributed by atoms with Crippen LogP contribution in [0, 0.1) is 11.3 Å². The van der Waals surface area contributed by atoms with Crippen LogP contribution in [-0.4, -0.2) is 61.2 Å². The van der Waals surface area contributed by atoms with Crippen LogP contribution < -0.4 is 0 Å². The molecule has 2 rings (SSSR count). The van der Waals surface area contributed by atoms with Crippen molar-refractivity contribution < 1.29 is 14.9 Å². The molecule has 2 N–H and O–H groups in total. The van der Waals surface area contributed by atoms with Crippen molar-refractivity contribution in [1.82, 2.24) is 4.90 Å². The molecule has 0 saturated carbocycles. The zero-order valence-corrected chi connectivity index (χ0v) is 10.6. The Morgan fingerprint density at radius 1 is 1.35 bits per heavy atom. The molecule has 2 fully saturated rings. The minimum atomic E-state index is -0.0354. The number of ether oxygens (including phenoxy) is 1. The number of nitrogens with zero attached hydrogens (tertiary/aromatic N) is 1. The smallest absolute Gasteiger partial charge is 0.0556 e. The maximum atomic E-state index is 9.62. The molecule has 0 aromatic rings. The van der Waals surface area contributed by atoms with Crippen molar-refractivity contribution in [2.75, 3.05) is 46.1 Å². The third kappa shape index (κ3) is 3.41. The topological polar surface area (TPSA) is 52.9 Å². The molecule has 2 aliphatic heterocycles. The van der Waals surface area contributed by atoms with E-state index in [4.69, 9.17) is 9.84 Å². The van der Waals surface area contributed by atoms with Crippen molar-refractivity contribution in [3.05, 3.63) is 0 Å². The lowest BCUT2D eigenvalue weighted by molar-refractivity contribution is -0.0530. The number of rotatable bonds is 5. The zero-order chi connectivity index (χ0) is 12.1. The van der Waals surface area contributed by atoms with Gasteiger partial charge in [0.15, 0.2) is 0 Å². The fraction of sp³-hybridized carbons (Fsp3) is 1.00. The average molecular weight is 243 g/mol. The first-order chi connectivity index (χ1) is 8.28. The van der Waals surface area contributed by atoms with E-state index in [2.05, 4.69) is 4.90 Å². The predicted molar refractivity (Wildman–Crippen MR) is 65.8 cm³/mol. The van der Waals surface area contributed by atoms with Gasteiger partial charge in [0.05, 0.1) is 13.2 Å². The summed E-state index contributed by atoms with van der Waals surface area (Å²) in [5.41, 5.74) is -0.0354. The van der Waals surface area contributed by atoms with Gasteiger partial charge in [-0.1, -0.05) is 0 Å². The van der Waals surface area contributed by atoms with E-state index in [0.717, 1.165) is 45.5 Å². The third-order valence-electron chi connectivity index (χ3n) is 4.21. The van der Waals surface area contributed by atoms with E-state index in [1.807, 2.05) is 0 Å². The van der Waals surface area contributed by atoms with Gasteiger partial charge in [-0.3, -0.25) is 0 Å². The third-order valence-corrected chi connectivity index (χ3v) is 4.21. The van der Waals surface area contributed by atoms with Gasteiger partial charge in [0, 0.05) is 31.7 Å². The van der Waals surface area contributed by atoms with E-state index >= 15 is 0 Å². The molecule has 17 heavy (non-hydrogen) atoms. The van der Waals surface area contributed by atoms with Gasteiger partial charge in [0.25, 0.3) is 0 Å². The van der Waals surface area contributed by atoms with E-state index in [-0.39, 0.29) is 12.0 Å². The van der Waals surface area contributed by atoms with E-state index in [9.17, 15) is 5.11 Å². The van der Waals surface area contributed by atoms with Gasteiger partial charge >= 0.3 is 0 Å². The lowest BCUT2D eigenvalue weighted by Gasteiger charge is -2.38. The van der Waals surface area contributed by atoms with Crippen molar-refractivity contribution in [3.8, 4) is 0 Å². The van der Waals surface area contributed by atoms with Crippen LogP contribution in [0.2, 0.25) is 0 Å². The van der Waals surface area contributed by atoms with Crippen LogP contribution in [0.15, 0.2) is 0 Å². The summed E-state index contributed by atoms with van der Waals surface area (Å²) in [6.07, 6.45) is 4.24. The molecule has 2 saturated heterocycles. The SMILES string of the molecule is OCCC1CCN(CC2(CO)CCCOC2)C1. The highest BCUT2D eigenvalue weighted by atomic mass is 16.5. The van der Waals surface area contributed by atoms with Crippen LogP contribution in [0.1, 0.15) is 25.7 Å². The first kappa shape index (κ1) is 13.3. The number of aliphatic hydroxyl groups is 2. The minimum absolute atomic E-state index is 0.0354. The maximum absolute atomic E-state index is 9.62. The highest BCUT2D eigenvalue weighted by molar-refractivity contribution is 4.87. The fourth-order valence-corrected chi connectivity index (χ4v) is 3.16. The highest BCUT2D eigenvalue weighted by Crippen LogP contribution is 2.31. The van der Waals surface area contributed by atoms with Crippen molar-refractivity contribution in [3.63, 3.8) is 0 Å². The molecule has 0 aliphatic carbocycles. The molecular formula is C13H25NO3. The second-order valence-corrected chi connectivity index (χ2v) is 5.72. The molecule has 0 amide bonds. The Bertz CT molecular complexity index is 229. The van der Waals surface area contributed by atoms with Crippen molar-refractivity contribution >= 4 is 0 Å². The maximum Gasteiger partial charge on any atom is 0.0556 e. The van der Waals surface area contributed by atoms with E-state index in [0.29, 0.717) is 19.1 Å². The molecule has 100 valence electrons. The normalized spacial score (nSPS) is 35.3. The van der Waals surface area contributed by atoms with Crippen LogP contribution in [0.5, 0.6) is 0 Å². The summed E-state index contributed by atoms with van der Waals surface area (Å²) >= 11 is 0. The van der Waals surface area contributed by atoms with E-state index < -0.39 is 0 Å². The van der Waals surface area contributed by atoms with Crippen molar-refractivity contribution in [1.29, 1.82) is 0 Å². The monoisotopic (exact) mass is 243 g/mol. The lowest BCUT2D eigenvalue weighted by atomic mass is 9.83. The molecule has 0 radical (unpaired) electrons. The van der Waals surface area contributed by atoms with E-state index in [1.165, 1.54) is 6.42 Å². The fourth-order valence-electron chi connectivity index (χ4n) is 3.16. The summed E-state index contributed by atoms with van der Waals surface area (Å²) in [6, 6.07) is 0. The van der Waals surface area contributed by atoms with Crippen LogP contribution in [-0.2, 0) is 4.74 Å². The second kappa shape index (κ2) is 6.14. The van der Waals surface area contributed by atoms with Gasteiger partial charge in [0.1, 0.15) is 0 Å². The standard InChI is InChI=1S/C13H25NO3/c15-6-3-12-2-5-14(8-12)9-13(10-16)4-1-7-17-11-13/h12,15-16H,1-11H2. The number of likely N-dealkylation sites (tertiary alicyclic amines) is 1. The van der Waals surface area contributed by atoms with Gasteiger partial charge in [-0.25, -0.2) is 0 Å². The lowest BCUT2D eigenvalue weighted by Crippen LogP contribution is -2.45. The largest absolute Gasteiger partial charge is 0.396 e.